The third-order valence-corrected chi connectivity index (χ3v) is 8.28. The maximum absolute atomic E-state index is 12.8. The summed E-state index contributed by atoms with van der Waals surface area (Å²) >= 11 is 6.59. The highest BCUT2D eigenvalue weighted by molar-refractivity contribution is 6.33. The number of carbonyl (C=O) groups excluding carboxylic acids is 1. The van der Waals surface area contributed by atoms with Crippen LogP contribution in [0.5, 0.6) is 0 Å². The highest BCUT2D eigenvalue weighted by Crippen LogP contribution is 2.42. The molecule has 200 valence electrons. The number of hydrogen-bond donors (Lipinski definition) is 1. The van der Waals surface area contributed by atoms with Crippen LogP contribution in [0.25, 0.3) is 0 Å². The molecule has 0 bridgehead atoms. The number of carbonyl (C=O) groups is 2. The van der Waals surface area contributed by atoms with Crippen LogP contribution in [-0.2, 0) is 16.1 Å². The van der Waals surface area contributed by atoms with E-state index in [4.69, 9.17) is 11.6 Å². The number of likely N-dealkylation sites (tertiary alicyclic amines) is 2. The van der Waals surface area contributed by atoms with Crippen LogP contribution >= 0.6 is 11.6 Å². The predicted molar refractivity (Wildman–Crippen MR) is 129 cm³/mol. The van der Waals surface area contributed by atoms with Gasteiger partial charge in [-0.05, 0) is 69.2 Å². The average Bonchev–Trinajstić information content (AvgIpc) is 3.24. The standard InChI is InChI=1S/C25H33ClF3N3O4/c1-17(25(27,28)29)36-23(35)32-14-9-24(16-32)7-12-30(13-8-24)15-19-3-2-4-20(26)21(19)31-10-5-18(6-11-31)22(33)34/h2-4,17-18H,5-16H2,1H3,(H,33,34). The number of anilines is 1. The summed E-state index contributed by atoms with van der Waals surface area (Å²) in [6.07, 6.45) is -3.93. The number of hydrogen-bond acceptors (Lipinski definition) is 5. The fourth-order valence-electron chi connectivity index (χ4n) is 5.61. The molecule has 3 aliphatic heterocycles. The number of benzene rings is 1. The zero-order chi connectivity index (χ0) is 26.1. The van der Waals surface area contributed by atoms with Crippen molar-refractivity contribution in [3.05, 3.63) is 28.8 Å². The zero-order valence-corrected chi connectivity index (χ0v) is 21.2. The van der Waals surface area contributed by atoms with E-state index in [1.54, 1.807) is 0 Å². The van der Waals surface area contributed by atoms with Crippen molar-refractivity contribution in [2.75, 3.05) is 44.2 Å². The summed E-state index contributed by atoms with van der Waals surface area (Å²) < 4.78 is 42.9. The van der Waals surface area contributed by atoms with Crippen molar-refractivity contribution in [1.82, 2.24) is 9.80 Å². The van der Waals surface area contributed by atoms with E-state index in [0.29, 0.717) is 50.6 Å². The third-order valence-electron chi connectivity index (χ3n) is 7.98. The second-order valence-corrected chi connectivity index (χ2v) is 10.8. The van der Waals surface area contributed by atoms with E-state index in [0.717, 1.165) is 50.5 Å². The Morgan fingerprint density at radius 1 is 1.14 bits per heavy atom. The van der Waals surface area contributed by atoms with Crippen molar-refractivity contribution >= 4 is 29.4 Å². The molecule has 1 N–H and O–H groups in total. The molecule has 1 aromatic rings. The number of rotatable bonds is 5. The molecule has 1 spiro atoms. The normalized spacial score (nSPS) is 22.1. The molecule has 0 radical (unpaired) electrons. The van der Waals surface area contributed by atoms with E-state index >= 15 is 0 Å². The number of piperidine rings is 2. The van der Waals surface area contributed by atoms with Crippen LogP contribution < -0.4 is 4.90 Å². The summed E-state index contributed by atoms with van der Waals surface area (Å²) in [5.41, 5.74) is 1.98. The van der Waals surface area contributed by atoms with E-state index in [1.807, 2.05) is 12.1 Å². The molecule has 1 unspecified atom stereocenters. The molecule has 4 rings (SSSR count). The maximum Gasteiger partial charge on any atom is 0.425 e. The van der Waals surface area contributed by atoms with E-state index in [1.165, 1.54) is 4.90 Å². The maximum atomic E-state index is 12.8. The lowest BCUT2D eigenvalue weighted by Gasteiger charge is -2.40. The van der Waals surface area contributed by atoms with Gasteiger partial charge in [0, 0.05) is 32.7 Å². The number of para-hydroxylation sites is 1. The minimum atomic E-state index is -4.57. The number of nitrogens with zero attached hydrogens (tertiary/aromatic N) is 3. The van der Waals surface area contributed by atoms with Gasteiger partial charge in [0.2, 0.25) is 0 Å². The smallest absolute Gasteiger partial charge is 0.425 e. The lowest BCUT2D eigenvalue weighted by atomic mass is 9.77. The van der Waals surface area contributed by atoms with Crippen molar-refractivity contribution in [3.63, 3.8) is 0 Å². The van der Waals surface area contributed by atoms with Gasteiger partial charge in [-0.1, -0.05) is 23.7 Å². The molecule has 1 atom stereocenters. The summed E-state index contributed by atoms with van der Waals surface area (Å²) in [4.78, 5) is 29.5. The Hall–Kier alpha value is -2.20. The number of alkyl halides is 3. The first-order valence-electron chi connectivity index (χ1n) is 12.5. The lowest BCUT2D eigenvalue weighted by Crippen LogP contribution is -2.43. The summed E-state index contributed by atoms with van der Waals surface area (Å²) in [5, 5.41) is 9.96. The average molecular weight is 532 g/mol. The number of ether oxygens (including phenoxy) is 1. The molecular formula is C25H33ClF3N3O4. The van der Waals surface area contributed by atoms with E-state index in [2.05, 4.69) is 20.6 Å². The molecule has 1 amide bonds. The fraction of sp³-hybridized carbons (Fsp3) is 0.680. The summed E-state index contributed by atoms with van der Waals surface area (Å²) in [5.74, 6) is -1.06. The minimum absolute atomic E-state index is 0.0904. The van der Waals surface area contributed by atoms with Gasteiger partial charge in [0.25, 0.3) is 0 Å². The number of carboxylic acids is 1. The van der Waals surface area contributed by atoms with Gasteiger partial charge in [0.1, 0.15) is 0 Å². The molecule has 3 saturated heterocycles. The van der Waals surface area contributed by atoms with Crippen molar-refractivity contribution in [3.8, 4) is 0 Å². The summed E-state index contributed by atoms with van der Waals surface area (Å²) in [7, 11) is 0. The molecule has 7 nitrogen and oxygen atoms in total. The van der Waals surface area contributed by atoms with Gasteiger partial charge < -0.3 is 19.6 Å². The molecule has 36 heavy (non-hydrogen) atoms. The van der Waals surface area contributed by atoms with Crippen molar-refractivity contribution in [2.45, 2.75) is 57.9 Å². The Balaban J connectivity index is 1.33. The topological polar surface area (TPSA) is 73.3 Å². The Morgan fingerprint density at radius 3 is 2.39 bits per heavy atom. The molecule has 3 aliphatic rings. The third kappa shape index (κ3) is 6.02. The van der Waals surface area contributed by atoms with Crippen molar-refractivity contribution in [1.29, 1.82) is 0 Å². The van der Waals surface area contributed by atoms with Crippen molar-refractivity contribution < 1.29 is 32.6 Å². The number of aliphatic carboxylic acids is 1. The molecule has 1 aromatic carbocycles. The van der Waals surface area contributed by atoms with Crippen LogP contribution in [0.3, 0.4) is 0 Å². The SMILES string of the molecule is CC(OC(=O)N1CCC2(CCN(Cc3cccc(Cl)c3N3CCC(C(=O)O)CC3)CC2)C1)C(F)(F)F. The second-order valence-electron chi connectivity index (χ2n) is 10.4. The van der Waals surface area contributed by atoms with Crippen LogP contribution in [0.4, 0.5) is 23.7 Å². The molecule has 11 heteroatoms. The zero-order valence-electron chi connectivity index (χ0n) is 20.4. The summed E-state index contributed by atoms with van der Waals surface area (Å²) in [6, 6.07) is 5.85. The Bertz CT molecular complexity index is 960. The second kappa shape index (κ2) is 10.7. The van der Waals surface area contributed by atoms with Crippen LogP contribution in [-0.4, -0.2) is 78.5 Å². The number of halogens is 4. The molecule has 0 aromatic heterocycles. The monoisotopic (exact) mass is 531 g/mol. The molecule has 0 aliphatic carbocycles. The Morgan fingerprint density at radius 2 is 1.78 bits per heavy atom. The minimum Gasteiger partial charge on any atom is -0.481 e. The van der Waals surface area contributed by atoms with E-state index < -0.39 is 24.3 Å². The van der Waals surface area contributed by atoms with E-state index in [9.17, 15) is 27.9 Å². The fourth-order valence-corrected chi connectivity index (χ4v) is 5.92. The lowest BCUT2D eigenvalue weighted by molar-refractivity contribution is -0.199. The van der Waals surface area contributed by atoms with Gasteiger partial charge in [-0.2, -0.15) is 13.2 Å². The Labute approximate surface area is 214 Å². The Kier molecular flexibility index (Phi) is 7.95. The van der Waals surface area contributed by atoms with Gasteiger partial charge >= 0.3 is 18.2 Å². The first-order valence-corrected chi connectivity index (χ1v) is 12.8. The first-order chi connectivity index (χ1) is 17.0. The van der Waals surface area contributed by atoms with Crippen LogP contribution in [0.1, 0.15) is 44.6 Å². The van der Waals surface area contributed by atoms with Crippen LogP contribution in [0.2, 0.25) is 5.02 Å². The quantitative estimate of drug-likeness (QED) is 0.575. The molecular weight excluding hydrogens is 499 g/mol. The van der Waals surface area contributed by atoms with Gasteiger partial charge in [0.05, 0.1) is 16.6 Å². The van der Waals surface area contributed by atoms with Crippen LogP contribution in [0, 0.1) is 11.3 Å². The van der Waals surface area contributed by atoms with Gasteiger partial charge in [-0.15, -0.1) is 0 Å². The molecule has 3 heterocycles. The molecule has 0 saturated carbocycles. The highest BCUT2D eigenvalue weighted by Gasteiger charge is 2.45. The largest absolute Gasteiger partial charge is 0.481 e. The predicted octanol–water partition coefficient (Wildman–Crippen LogP) is 5.02. The number of carboxylic acid groups (broad SMARTS) is 1. The first kappa shape index (κ1) is 26.9. The van der Waals surface area contributed by atoms with Gasteiger partial charge in [0.15, 0.2) is 6.10 Å². The van der Waals surface area contributed by atoms with Crippen LogP contribution in [0.15, 0.2) is 18.2 Å². The van der Waals surface area contributed by atoms with Crippen molar-refractivity contribution in [2.24, 2.45) is 11.3 Å². The van der Waals surface area contributed by atoms with Gasteiger partial charge in [-0.3, -0.25) is 9.69 Å². The van der Waals surface area contributed by atoms with E-state index in [-0.39, 0.29) is 11.3 Å². The molecule has 3 fully saturated rings. The highest BCUT2D eigenvalue weighted by atomic mass is 35.5. The number of amides is 1. The summed E-state index contributed by atoms with van der Waals surface area (Å²) in [6.45, 7) is 5.31. The van der Waals surface area contributed by atoms with Gasteiger partial charge in [-0.25, -0.2) is 4.79 Å².